The largest absolute Gasteiger partial charge is 0.392 e. The van der Waals surface area contributed by atoms with Crippen LogP contribution < -0.4 is 5.32 Å². The molecule has 110 valence electrons. The Balaban J connectivity index is 2.05. The first-order chi connectivity index (χ1) is 9.60. The van der Waals surface area contributed by atoms with Crippen molar-refractivity contribution in [3.63, 3.8) is 0 Å². The second-order valence-electron chi connectivity index (χ2n) is 5.42. The summed E-state index contributed by atoms with van der Waals surface area (Å²) < 4.78 is 0. The van der Waals surface area contributed by atoms with Crippen LogP contribution in [0.15, 0.2) is 18.2 Å². The summed E-state index contributed by atoms with van der Waals surface area (Å²) >= 11 is 0. The fourth-order valence-electron chi connectivity index (χ4n) is 2.68. The number of anilines is 1. The zero-order valence-electron chi connectivity index (χ0n) is 11.7. The summed E-state index contributed by atoms with van der Waals surface area (Å²) in [5.74, 6) is 0.506. The van der Waals surface area contributed by atoms with E-state index in [1.54, 1.807) is 12.1 Å². The first-order valence-electron chi connectivity index (χ1n) is 6.90. The zero-order valence-corrected chi connectivity index (χ0v) is 11.7. The van der Waals surface area contributed by atoms with E-state index in [1.165, 1.54) is 12.5 Å². The van der Waals surface area contributed by atoms with Crippen molar-refractivity contribution in [1.82, 2.24) is 4.90 Å². The van der Waals surface area contributed by atoms with Crippen LogP contribution in [0.3, 0.4) is 0 Å². The van der Waals surface area contributed by atoms with Crippen LogP contribution in [0.5, 0.6) is 0 Å². The Morgan fingerprint density at radius 3 is 3.00 bits per heavy atom. The van der Waals surface area contributed by atoms with Crippen LogP contribution in [-0.2, 0) is 6.61 Å². The summed E-state index contributed by atoms with van der Waals surface area (Å²) in [6, 6.07) is 4.68. The second-order valence-corrected chi connectivity index (χ2v) is 5.42. The van der Waals surface area contributed by atoms with Gasteiger partial charge in [0, 0.05) is 19.2 Å². The zero-order chi connectivity index (χ0) is 14.5. The van der Waals surface area contributed by atoms with Crippen molar-refractivity contribution >= 4 is 11.4 Å². The van der Waals surface area contributed by atoms with Gasteiger partial charge in [-0.05, 0) is 50.0 Å². The van der Waals surface area contributed by atoms with E-state index >= 15 is 0 Å². The Labute approximate surface area is 118 Å². The third-order valence-corrected chi connectivity index (χ3v) is 3.74. The lowest BCUT2D eigenvalue weighted by molar-refractivity contribution is -0.384. The van der Waals surface area contributed by atoms with Crippen molar-refractivity contribution in [1.29, 1.82) is 0 Å². The minimum absolute atomic E-state index is 0.0614. The highest BCUT2D eigenvalue weighted by atomic mass is 16.6. The molecule has 1 atom stereocenters. The molecule has 6 heteroatoms. The Morgan fingerprint density at radius 2 is 2.35 bits per heavy atom. The monoisotopic (exact) mass is 279 g/mol. The van der Waals surface area contributed by atoms with Gasteiger partial charge in [0.15, 0.2) is 0 Å². The van der Waals surface area contributed by atoms with Gasteiger partial charge in [0.05, 0.1) is 11.5 Å². The van der Waals surface area contributed by atoms with Gasteiger partial charge in [0.2, 0.25) is 0 Å². The molecule has 0 spiro atoms. The van der Waals surface area contributed by atoms with Crippen molar-refractivity contribution in [2.24, 2.45) is 5.92 Å². The van der Waals surface area contributed by atoms with Gasteiger partial charge in [-0.1, -0.05) is 0 Å². The van der Waals surface area contributed by atoms with Gasteiger partial charge in [-0.2, -0.15) is 0 Å². The number of nitro groups is 1. The van der Waals surface area contributed by atoms with Crippen LogP contribution in [0.25, 0.3) is 0 Å². The highest BCUT2D eigenvalue weighted by Crippen LogP contribution is 2.26. The molecule has 1 aromatic rings. The molecule has 1 saturated heterocycles. The van der Waals surface area contributed by atoms with Gasteiger partial charge in [-0.15, -0.1) is 0 Å². The number of rotatable bonds is 5. The number of piperidine rings is 1. The third kappa shape index (κ3) is 3.68. The number of hydrogen-bond donors (Lipinski definition) is 2. The minimum Gasteiger partial charge on any atom is -0.392 e. The first-order valence-corrected chi connectivity index (χ1v) is 6.90. The standard InChI is InChI=1S/C14H21N3O3/c1-16-6-2-3-12(9-16)8-15-13-7-11(10-18)4-5-14(13)17(19)20/h4-5,7,12,15,18H,2-3,6,8-10H2,1H3. The number of hydrogen-bond acceptors (Lipinski definition) is 5. The minimum atomic E-state index is -0.392. The maximum Gasteiger partial charge on any atom is 0.292 e. The molecule has 0 saturated carbocycles. The van der Waals surface area contributed by atoms with E-state index in [1.807, 2.05) is 0 Å². The summed E-state index contributed by atoms with van der Waals surface area (Å²) in [6.45, 7) is 2.75. The summed E-state index contributed by atoms with van der Waals surface area (Å²) in [6.07, 6.45) is 2.31. The fourth-order valence-corrected chi connectivity index (χ4v) is 2.68. The maximum absolute atomic E-state index is 11.0. The molecule has 2 N–H and O–H groups in total. The molecular weight excluding hydrogens is 258 g/mol. The lowest BCUT2D eigenvalue weighted by atomic mass is 9.98. The smallest absolute Gasteiger partial charge is 0.292 e. The Hall–Kier alpha value is -1.66. The van der Waals surface area contributed by atoms with Crippen LogP contribution in [0.2, 0.25) is 0 Å². The summed E-state index contributed by atoms with van der Waals surface area (Å²) in [5, 5.41) is 23.3. The second kappa shape index (κ2) is 6.67. The van der Waals surface area contributed by atoms with E-state index < -0.39 is 4.92 Å². The van der Waals surface area contributed by atoms with E-state index in [2.05, 4.69) is 17.3 Å². The predicted molar refractivity (Wildman–Crippen MR) is 77.7 cm³/mol. The van der Waals surface area contributed by atoms with Crippen LogP contribution in [0.1, 0.15) is 18.4 Å². The van der Waals surface area contributed by atoms with Gasteiger partial charge in [0.25, 0.3) is 5.69 Å². The number of aliphatic hydroxyl groups is 1. The number of benzene rings is 1. The molecule has 1 fully saturated rings. The summed E-state index contributed by atoms with van der Waals surface area (Å²) in [4.78, 5) is 12.9. The van der Waals surface area contributed by atoms with Gasteiger partial charge in [-0.25, -0.2) is 0 Å². The average molecular weight is 279 g/mol. The van der Waals surface area contributed by atoms with Crippen LogP contribution in [-0.4, -0.2) is 41.6 Å². The summed E-state index contributed by atoms with van der Waals surface area (Å²) in [5.41, 5.74) is 1.24. The Morgan fingerprint density at radius 1 is 1.55 bits per heavy atom. The highest BCUT2D eigenvalue weighted by Gasteiger charge is 2.19. The number of nitrogens with one attached hydrogen (secondary N) is 1. The third-order valence-electron chi connectivity index (χ3n) is 3.74. The molecule has 1 aromatic carbocycles. The lowest BCUT2D eigenvalue weighted by Crippen LogP contribution is -2.35. The molecule has 6 nitrogen and oxygen atoms in total. The molecule has 0 aliphatic carbocycles. The number of nitrogens with zero attached hydrogens (tertiary/aromatic N) is 2. The molecule has 0 aromatic heterocycles. The van der Waals surface area contributed by atoms with Crippen LogP contribution >= 0.6 is 0 Å². The van der Waals surface area contributed by atoms with Crippen molar-refractivity contribution < 1.29 is 10.0 Å². The van der Waals surface area contributed by atoms with Crippen LogP contribution in [0, 0.1) is 16.0 Å². The number of likely N-dealkylation sites (tertiary alicyclic amines) is 1. The average Bonchev–Trinajstić information content (AvgIpc) is 2.44. The Bertz CT molecular complexity index is 479. The van der Waals surface area contributed by atoms with Crippen molar-refractivity contribution in [3.8, 4) is 0 Å². The van der Waals surface area contributed by atoms with Gasteiger partial charge in [0.1, 0.15) is 5.69 Å². The molecule has 1 aliphatic rings. The molecule has 1 unspecified atom stereocenters. The van der Waals surface area contributed by atoms with Crippen molar-refractivity contribution in [2.45, 2.75) is 19.4 Å². The molecule has 0 amide bonds. The molecule has 0 bridgehead atoms. The van der Waals surface area contributed by atoms with Gasteiger partial charge < -0.3 is 15.3 Å². The van der Waals surface area contributed by atoms with Crippen LogP contribution in [0.4, 0.5) is 11.4 Å². The SMILES string of the molecule is CN1CCCC(CNc2cc(CO)ccc2[N+](=O)[O-])C1. The lowest BCUT2D eigenvalue weighted by Gasteiger charge is -2.29. The molecule has 1 heterocycles. The molecular formula is C14H21N3O3. The first kappa shape index (κ1) is 14.7. The van der Waals surface area contributed by atoms with E-state index in [-0.39, 0.29) is 12.3 Å². The van der Waals surface area contributed by atoms with Crippen molar-refractivity contribution in [2.75, 3.05) is 32.0 Å². The molecule has 0 radical (unpaired) electrons. The predicted octanol–water partition coefficient (Wildman–Crippen LogP) is 1.84. The van der Waals surface area contributed by atoms with E-state index in [9.17, 15) is 10.1 Å². The van der Waals surface area contributed by atoms with Crippen molar-refractivity contribution in [3.05, 3.63) is 33.9 Å². The maximum atomic E-state index is 11.0. The van der Waals surface area contributed by atoms with E-state index in [0.29, 0.717) is 17.2 Å². The molecule has 20 heavy (non-hydrogen) atoms. The Kier molecular flexibility index (Phi) is 4.92. The fraction of sp³-hybridized carbons (Fsp3) is 0.571. The normalized spacial score (nSPS) is 19.8. The molecule has 2 rings (SSSR count). The van der Waals surface area contributed by atoms with E-state index in [0.717, 1.165) is 26.1 Å². The molecule has 1 aliphatic heterocycles. The highest BCUT2D eigenvalue weighted by molar-refractivity contribution is 5.62. The van der Waals surface area contributed by atoms with Gasteiger partial charge in [-0.3, -0.25) is 10.1 Å². The summed E-state index contributed by atoms with van der Waals surface area (Å²) in [7, 11) is 2.10. The van der Waals surface area contributed by atoms with Gasteiger partial charge >= 0.3 is 0 Å². The number of aliphatic hydroxyl groups excluding tert-OH is 1. The van der Waals surface area contributed by atoms with E-state index in [4.69, 9.17) is 5.11 Å². The quantitative estimate of drug-likeness (QED) is 0.635. The number of nitro benzene ring substituents is 1. The topological polar surface area (TPSA) is 78.6 Å².